The molecule has 1 saturated carbocycles. The monoisotopic (exact) mass is 638 g/mol. The predicted octanol–water partition coefficient (Wildman–Crippen LogP) is 1.83. The summed E-state index contributed by atoms with van der Waals surface area (Å²) in [5.74, 6) is 0.549. The zero-order valence-corrected chi connectivity index (χ0v) is 27.8. The van der Waals surface area contributed by atoms with Crippen LogP contribution in [0.15, 0.2) is 41.2 Å². The topological polar surface area (TPSA) is 147 Å². The molecule has 12 heteroatoms. The molecule has 3 aliphatic rings. The molecule has 47 heavy (non-hydrogen) atoms. The van der Waals surface area contributed by atoms with Crippen LogP contribution in [0.4, 0.5) is 0 Å². The van der Waals surface area contributed by atoms with Crippen LogP contribution < -0.4 is 11.0 Å². The number of hydrogen-bond acceptors (Lipinski definition) is 7. The molecule has 246 valence electrons. The van der Waals surface area contributed by atoms with Crippen molar-refractivity contribution in [3.63, 3.8) is 0 Å². The summed E-state index contributed by atoms with van der Waals surface area (Å²) >= 11 is 0. The standard InChI is InChI=1S/C35H42N8O4/c1-20(37-19-30(44)43-26(18-36)15-25-16-29(25)43)17-35(33-38-34(47)42(6)39-33)27-11-9-23(31(45)40(2)3)13-21(27)7-8-22-14-24(10-12-28(22)35)32(46)41(4)5/h9-14,20,25-26,29,37H,7-8,15-17,19H2,1-6H3,(H,38,39,47)/t20-,25+,26-,29-/m0/s1. The molecule has 2 heterocycles. The molecule has 12 nitrogen and oxygen atoms in total. The molecular formula is C35H42N8O4. The molecule has 3 amide bonds. The van der Waals surface area contributed by atoms with Gasteiger partial charge in [0.1, 0.15) is 11.9 Å². The quantitative estimate of drug-likeness (QED) is 0.383. The van der Waals surface area contributed by atoms with Gasteiger partial charge in [-0.2, -0.15) is 10.4 Å². The van der Waals surface area contributed by atoms with Gasteiger partial charge < -0.3 is 20.0 Å². The number of H-pyrrole nitrogens is 1. The molecule has 3 aromatic rings. The fraction of sp³-hybridized carbons (Fsp3) is 0.486. The molecule has 0 unspecified atom stereocenters. The minimum absolute atomic E-state index is 0.0731. The number of piperidine rings is 1. The highest BCUT2D eigenvalue weighted by atomic mass is 16.2. The molecule has 0 radical (unpaired) electrons. The molecule has 1 aromatic heterocycles. The van der Waals surface area contributed by atoms with Gasteiger partial charge in [-0.15, -0.1) is 0 Å². The van der Waals surface area contributed by atoms with E-state index >= 15 is 0 Å². The maximum absolute atomic E-state index is 13.4. The Bertz CT molecular complexity index is 1780. The van der Waals surface area contributed by atoms with Gasteiger partial charge in [0.25, 0.3) is 11.8 Å². The molecule has 0 bridgehead atoms. The number of fused-ring (bicyclic) bond motifs is 3. The van der Waals surface area contributed by atoms with Gasteiger partial charge in [0.05, 0.1) is 18.0 Å². The summed E-state index contributed by atoms with van der Waals surface area (Å²) in [6.45, 7) is 2.07. The fourth-order valence-electron chi connectivity index (χ4n) is 7.61. The van der Waals surface area contributed by atoms with Crippen LogP contribution in [0.2, 0.25) is 0 Å². The maximum Gasteiger partial charge on any atom is 0.343 e. The number of rotatable bonds is 8. The first kappa shape index (κ1) is 32.2. The van der Waals surface area contributed by atoms with Gasteiger partial charge in [0.15, 0.2) is 0 Å². The van der Waals surface area contributed by atoms with E-state index in [2.05, 4.69) is 16.4 Å². The Kier molecular flexibility index (Phi) is 8.30. The van der Waals surface area contributed by atoms with E-state index in [0.29, 0.717) is 42.1 Å². The molecule has 2 fully saturated rings. The van der Waals surface area contributed by atoms with Crippen LogP contribution >= 0.6 is 0 Å². The third kappa shape index (κ3) is 5.63. The summed E-state index contributed by atoms with van der Waals surface area (Å²) in [6, 6.07) is 13.2. The van der Waals surface area contributed by atoms with Crippen molar-refractivity contribution in [2.75, 3.05) is 34.7 Å². The number of nitrogens with one attached hydrogen (secondary N) is 2. The van der Waals surface area contributed by atoms with Gasteiger partial charge in [0.2, 0.25) is 5.91 Å². The largest absolute Gasteiger partial charge is 0.345 e. The van der Waals surface area contributed by atoms with Gasteiger partial charge in [-0.1, -0.05) is 12.1 Å². The van der Waals surface area contributed by atoms with Gasteiger partial charge in [-0.05, 0) is 91.5 Å². The molecular weight excluding hydrogens is 596 g/mol. The van der Waals surface area contributed by atoms with E-state index in [-0.39, 0.29) is 48.1 Å². The van der Waals surface area contributed by atoms with Gasteiger partial charge in [-0.3, -0.25) is 19.4 Å². The SMILES string of the molecule is C[C@@H](CC1(c2nn(C)c(=O)[nH]2)c2ccc(C(=O)N(C)C)cc2CCc2cc(C(=O)N(C)C)ccc21)NCC(=O)N1[C@H](C#N)C[C@@H]2C[C@@H]21. The summed E-state index contributed by atoms with van der Waals surface area (Å²) in [4.78, 5) is 60.3. The highest BCUT2D eigenvalue weighted by Gasteiger charge is 2.54. The average molecular weight is 639 g/mol. The lowest BCUT2D eigenvalue weighted by Gasteiger charge is -2.37. The lowest BCUT2D eigenvalue weighted by atomic mass is 9.67. The Hall–Kier alpha value is -4.76. The normalized spacial score (nSPS) is 21.0. The Morgan fingerprint density at radius 2 is 1.60 bits per heavy atom. The highest BCUT2D eigenvalue weighted by Crippen LogP contribution is 2.48. The van der Waals surface area contributed by atoms with Crippen molar-refractivity contribution in [3.05, 3.63) is 86.1 Å². The van der Waals surface area contributed by atoms with Gasteiger partial charge >= 0.3 is 5.69 Å². The van der Waals surface area contributed by atoms with Crippen molar-refractivity contribution in [2.45, 2.75) is 62.6 Å². The van der Waals surface area contributed by atoms with E-state index in [1.165, 1.54) is 4.68 Å². The van der Waals surface area contributed by atoms with E-state index < -0.39 is 5.41 Å². The van der Waals surface area contributed by atoms with E-state index in [1.54, 1.807) is 49.9 Å². The molecule has 2 aliphatic carbocycles. The van der Waals surface area contributed by atoms with Crippen LogP contribution in [0, 0.1) is 17.2 Å². The highest BCUT2D eigenvalue weighted by molar-refractivity contribution is 5.95. The first-order valence-electron chi connectivity index (χ1n) is 16.1. The first-order valence-corrected chi connectivity index (χ1v) is 16.1. The second-order valence-corrected chi connectivity index (χ2v) is 13.7. The van der Waals surface area contributed by atoms with Crippen molar-refractivity contribution in [3.8, 4) is 6.07 Å². The molecule has 2 N–H and O–H groups in total. The molecule has 1 saturated heterocycles. The van der Waals surface area contributed by atoms with Crippen LogP contribution in [0.1, 0.15) is 75.0 Å². The molecule has 0 spiro atoms. The number of nitriles is 1. The van der Waals surface area contributed by atoms with E-state index in [4.69, 9.17) is 5.10 Å². The number of aromatic nitrogens is 3. The Morgan fingerprint density at radius 1 is 1.02 bits per heavy atom. The van der Waals surface area contributed by atoms with Crippen molar-refractivity contribution >= 4 is 17.7 Å². The predicted molar refractivity (Wildman–Crippen MR) is 175 cm³/mol. The number of likely N-dealkylation sites (tertiary alicyclic amines) is 1. The van der Waals surface area contributed by atoms with Gasteiger partial charge in [0, 0.05) is 58.4 Å². The average Bonchev–Trinajstić information content (AvgIpc) is 3.62. The number of aromatic amines is 1. The summed E-state index contributed by atoms with van der Waals surface area (Å²) in [7, 11) is 8.47. The van der Waals surface area contributed by atoms with Gasteiger partial charge in [-0.25, -0.2) is 9.48 Å². The number of benzene rings is 2. The zero-order chi connectivity index (χ0) is 33.8. The van der Waals surface area contributed by atoms with Crippen molar-refractivity contribution in [1.29, 1.82) is 5.26 Å². The van der Waals surface area contributed by atoms with Crippen LogP contribution in [0.3, 0.4) is 0 Å². The third-order valence-electron chi connectivity index (χ3n) is 10.0. The number of carbonyl (C=O) groups is 3. The number of nitrogens with zero attached hydrogens (tertiary/aromatic N) is 6. The molecule has 4 atom stereocenters. The van der Waals surface area contributed by atoms with E-state index in [1.807, 2.05) is 43.3 Å². The number of amides is 3. The number of carbonyl (C=O) groups excluding carboxylic acids is 3. The lowest BCUT2D eigenvalue weighted by molar-refractivity contribution is -0.131. The third-order valence-corrected chi connectivity index (χ3v) is 10.0. The van der Waals surface area contributed by atoms with E-state index in [0.717, 1.165) is 35.1 Å². The van der Waals surface area contributed by atoms with Crippen molar-refractivity contribution in [1.82, 2.24) is 34.8 Å². The van der Waals surface area contributed by atoms with Crippen LogP contribution in [0.25, 0.3) is 0 Å². The van der Waals surface area contributed by atoms with Crippen molar-refractivity contribution in [2.24, 2.45) is 13.0 Å². The summed E-state index contributed by atoms with van der Waals surface area (Å²) < 4.78 is 1.28. The van der Waals surface area contributed by atoms with Crippen LogP contribution in [0.5, 0.6) is 0 Å². The van der Waals surface area contributed by atoms with Crippen LogP contribution in [-0.4, -0.2) is 100 Å². The second kappa shape index (κ2) is 12.1. The number of aryl methyl sites for hydroxylation is 3. The Balaban J connectivity index is 1.46. The molecule has 6 rings (SSSR count). The summed E-state index contributed by atoms with van der Waals surface area (Å²) in [6.07, 6.45) is 3.30. The first-order chi connectivity index (χ1) is 22.3. The smallest absolute Gasteiger partial charge is 0.343 e. The van der Waals surface area contributed by atoms with Crippen molar-refractivity contribution < 1.29 is 14.4 Å². The molecule has 2 aromatic carbocycles. The molecule has 1 aliphatic heterocycles. The minimum Gasteiger partial charge on any atom is -0.345 e. The summed E-state index contributed by atoms with van der Waals surface area (Å²) in [5.41, 5.74) is 3.43. The zero-order valence-electron chi connectivity index (χ0n) is 27.8. The summed E-state index contributed by atoms with van der Waals surface area (Å²) in [5, 5.41) is 17.8. The number of hydrogen-bond donors (Lipinski definition) is 2. The van der Waals surface area contributed by atoms with E-state index in [9.17, 15) is 24.4 Å². The Morgan fingerprint density at radius 3 is 2.09 bits per heavy atom. The minimum atomic E-state index is -0.999. The lowest BCUT2D eigenvalue weighted by Crippen LogP contribution is -2.46. The Labute approximate surface area is 274 Å². The maximum atomic E-state index is 13.4. The second-order valence-electron chi connectivity index (χ2n) is 13.7. The fourth-order valence-corrected chi connectivity index (χ4v) is 7.61. The van der Waals surface area contributed by atoms with Crippen LogP contribution in [-0.2, 0) is 30.1 Å².